The molecule has 148 valence electrons. The first kappa shape index (κ1) is 20.8. The van der Waals surface area contributed by atoms with Gasteiger partial charge < -0.3 is 15.1 Å². The van der Waals surface area contributed by atoms with Crippen molar-refractivity contribution >= 4 is 11.6 Å². The maximum Gasteiger partial charge on any atom is 0.194 e. The first-order chi connectivity index (χ1) is 12.9. The average molecular weight is 371 g/mol. The fourth-order valence-corrected chi connectivity index (χ4v) is 3.08. The van der Waals surface area contributed by atoms with Crippen LogP contribution < -0.4 is 10.2 Å². The maximum absolute atomic E-state index is 4.82. The summed E-state index contributed by atoms with van der Waals surface area (Å²) in [6, 6.07) is 10.4. The Morgan fingerprint density at radius 1 is 1.22 bits per heavy atom. The summed E-state index contributed by atoms with van der Waals surface area (Å²) < 4.78 is 1.90. The van der Waals surface area contributed by atoms with E-state index < -0.39 is 0 Å². The van der Waals surface area contributed by atoms with E-state index in [-0.39, 0.29) is 0 Å². The monoisotopic (exact) mass is 370 g/mol. The SMILES string of the molecule is CCNC(=NCCN(C)c1ccccc1)N(C)Cc1cn(C)nc1C(C)C. The number of para-hydroxylation sites is 1. The Hall–Kier alpha value is -2.50. The molecule has 6 nitrogen and oxygen atoms in total. The van der Waals surface area contributed by atoms with Gasteiger partial charge in [-0.15, -0.1) is 0 Å². The third-order valence-corrected chi connectivity index (χ3v) is 4.48. The molecular weight excluding hydrogens is 336 g/mol. The van der Waals surface area contributed by atoms with Crippen LogP contribution in [-0.4, -0.2) is 54.4 Å². The fourth-order valence-electron chi connectivity index (χ4n) is 3.08. The highest BCUT2D eigenvalue weighted by molar-refractivity contribution is 5.79. The molecule has 0 radical (unpaired) electrons. The lowest BCUT2D eigenvalue weighted by molar-refractivity contribution is 0.473. The van der Waals surface area contributed by atoms with Crippen LogP contribution in [-0.2, 0) is 13.6 Å². The second kappa shape index (κ2) is 10.00. The molecule has 2 rings (SSSR count). The van der Waals surface area contributed by atoms with Gasteiger partial charge in [-0.1, -0.05) is 32.0 Å². The van der Waals surface area contributed by atoms with Crippen LogP contribution in [0.5, 0.6) is 0 Å². The number of hydrogen-bond donors (Lipinski definition) is 1. The number of benzene rings is 1. The molecule has 0 aliphatic carbocycles. The Balaban J connectivity index is 2.01. The molecule has 0 aliphatic heterocycles. The molecule has 0 amide bonds. The molecule has 0 fully saturated rings. The lowest BCUT2D eigenvalue weighted by Gasteiger charge is -2.23. The lowest BCUT2D eigenvalue weighted by Crippen LogP contribution is -2.39. The van der Waals surface area contributed by atoms with Crippen molar-refractivity contribution in [1.29, 1.82) is 0 Å². The van der Waals surface area contributed by atoms with Gasteiger partial charge in [0.05, 0.1) is 12.2 Å². The number of aryl methyl sites for hydroxylation is 1. The fraction of sp³-hybridized carbons (Fsp3) is 0.524. The highest BCUT2D eigenvalue weighted by Crippen LogP contribution is 2.18. The normalized spacial score (nSPS) is 11.7. The summed E-state index contributed by atoms with van der Waals surface area (Å²) in [6.07, 6.45) is 2.11. The number of anilines is 1. The van der Waals surface area contributed by atoms with Gasteiger partial charge in [-0.2, -0.15) is 5.10 Å². The van der Waals surface area contributed by atoms with E-state index in [1.165, 1.54) is 11.3 Å². The number of nitrogens with one attached hydrogen (secondary N) is 1. The molecule has 0 aliphatic rings. The number of aromatic nitrogens is 2. The van der Waals surface area contributed by atoms with Crippen molar-refractivity contribution in [2.75, 3.05) is 38.6 Å². The molecule has 6 heteroatoms. The lowest BCUT2D eigenvalue weighted by atomic mass is 10.1. The van der Waals surface area contributed by atoms with Gasteiger partial charge in [-0.3, -0.25) is 9.67 Å². The molecule has 0 saturated carbocycles. The van der Waals surface area contributed by atoms with Gasteiger partial charge in [0.1, 0.15) is 0 Å². The Morgan fingerprint density at radius 3 is 2.56 bits per heavy atom. The van der Waals surface area contributed by atoms with Gasteiger partial charge in [0.15, 0.2) is 5.96 Å². The van der Waals surface area contributed by atoms with E-state index in [0.717, 1.165) is 37.8 Å². The Kier molecular flexibility index (Phi) is 7.70. The molecule has 0 spiro atoms. The summed E-state index contributed by atoms with van der Waals surface area (Å²) in [5.74, 6) is 1.34. The van der Waals surface area contributed by atoms with Crippen molar-refractivity contribution in [3.8, 4) is 0 Å². The Bertz CT molecular complexity index is 720. The summed E-state index contributed by atoms with van der Waals surface area (Å²) in [4.78, 5) is 9.22. The van der Waals surface area contributed by atoms with E-state index in [1.54, 1.807) is 0 Å². The van der Waals surface area contributed by atoms with Crippen LogP contribution in [0.4, 0.5) is 5.69 Å². The minimum Gasteiger partial charge on any atom is -0.373 e. The zero-order chi connectivity index (χ0) is 19.8. The quantitative estimate of drug-likeness (QED) is 0.573. The van der Waals surface area contributed by atoms with Crippen LogP contribution in [0, 0.1) is 0 Å². The van der Waals surface area contributed by atoms with Crippen molar-refractivity contribution in [3.63, 3.8) is 0 Å². The maximum atomic E-state index is 4.82. The molecule has 0 atom stereocenters. The summed E-state index contributed by atoms with van der Waals surface area (Å²) >= 11 is 0. The zero-order valence-corrected chi connectivity index (χ0v) is 17.6. The van der Waals surface area contributed by atoms with E-state index in [4.69, 9.17) is 4.99 Å². The summed E-state index contributed by atoms with van der Waals surface area (Å²) in [6.45, 7) is 9.72. The number of hydrogen-bond acceptors (Lipinski definition) is 3. The molecule has 27 heavy (non-hydrogen) atoms. The minimum atomic E-state index is 0.411. The third kappa shape index (κ3) is 6.01. The van der Waals surface area contributed by atoms with Gasteiger partial charge in [-0.25, -0.2) is 0 Å². The number of aliphatic imine (C=N–C) groups is 1. The van der Waals surface area contributed by atoms with Crippen LogP contribution in [0.15, 0.2) is 41.5 Å². The van der Waals surface area contributed by atoms with Gasteiger partial charge in [0, 0.05) is 58.2 Å². The first-order valence-corrected chi connectivity index (χ1v) is 9.70. The Morgan fingerprint density at radius 2 is 1.93 bits per heavy atom. The Labute approximate surface area is 163 Å². The number of guanidine groups is 1. The largest absolute Gasteiger partial charge is 0.373 e. The summed E-state index contributed by atoms with van der Waals surface area (Å²) in [5.41, 5.74) is 3.62. The van der Waals surface area contributed by atoms with Crippen molar-refractivity contribution in [2.24, 2.45) is 12.0 Å². The standard InChI is InChI=1S/C21H34N6/c1-7-22-21(23-13-14-25(4)19-11-9-8-10-12-19)26(5)15-18-16-27(6)24-20(18)17(2)3/h8-12,16-17H,7,13-15H2,1-6H3,(H,22,23). The highest BCUT2D eigenvalue weighted by atomic mass is 15.3. The highest BCUT2D eigenvalue weighted by Gasteiger charge is 2.15. The van der Waals surface area contributed by atoms with E-state index >= 15 is 0 Å². The number of likely N-dealkylation sites (N-methyl/N-ethyl adjacent to an activating group) is 1. The van der Waals surface area contributed by atoms with Crippen molar-refractivity contribution in [1.82, 2.24) is 20.0 Å². The molecule has 0 unspecified atom stereocenters. The van der Waals surface area contributed by atoms with E-state index in [0.29, 0.717) is 5.92 Å². The van der Waals surface area contributed by atoms with Crippen LogP contribution >= 0.6 is 0 Å². The molecule has 1 aromatic heterocycles. The van der Waals surface area contributed by atoms with Crippen LogP contribution in [0.1, 0.15) is 37.9 Å². The van der Waals surface area contributed by atoms with Crippen molar-refractivity contribution in [2.45, 2.75) is 33.2 Å². The second-order valence-electron chi connectivity index (χ2n) is 7.22. The van der Waals surface area contributed by atoms with Gasteiger partial charge in [-0.05, 0) is 25.0 Å². The van der Waals surface area contributed by atoms with Gasteiger partial charge >= 0.3 is 0 Å². The number of rotatable bonds is 8. The second-order valence-corrected chi connectivity index (χ2v) is 7.22. The molecule has 2 aromatic rings. The number of nitrogens with zero attached hydrogens (tertiary/aromatic N) is 5. The smallest absolute Gasteiger partial charge is 0.194 e. The van der Waals surface area contributed by atoms with Gasteiger partial charge in [0.2, 0.25) is 0 Å². The topological polar surface area (TPSA) is 48.7 Å². The third-order valence-electron chi connectivity index (χ3n) is 4.48. The molecular formula is C21H34N6. The van der Waals surface area contributed by atoms with Crippen LogP contribution in [0.25, 0.3) is 0 Å². The average Bonchev–Trinajstić information content (AvgIpc) is 3.02. The van der Waals surface area contributed by atoms with Crippen molar-refractivity contribution in [3.05, 3.63) is 47.8 Å². The molecule has 1 N–H and O–H groups in total. The molecule has 1 heterocycles. The predicted octanol–water partition coefficient (Wildman–Crippen LogP) is 3.08. The van der Waals surface area contributed by atoms with Gasteiger partial charge in [0.25, 0.3) is 0 Å². The van der Waals surface area contributed by atoms with E-state index in [1.807, 2.05) is 17.8 Å². The van der Waals surface area contributed by atoms with Crippen LogP contribution in [0.3, 0.4) is 0 Å². The minimum absolute atomic E-state index is 0.411. The van der Waals surface area contributed by atoms with E-state index in [2.05, 4.69) is 85.5 Å². The summed E-state index contributed by atoms with van der Waals surface area (Å²) in [7, 11) is 6.17. The van der Waals surface area contributed by atoms with E-state index in [9.17, 15) is 0 Å². The molecule has 0 saturated heterocycles. The summed E-state index contributed by atoms with van der Waals surface area (Å²) in [5, 5.41) is 8.01. The predicted molar refractivity (Wildman–Crippen MR) is 114 cm³/mol. The molecule has 1 aromatic carbocycles. The van der Waals surface area contributed by atoms with Crippen LogP contribution in [0.2, 0.25) is 0 Å². The first-order valence-electron chi connectivity index (χ1n) is 9.70. The zero-order valence-electron chi connectivity index (χ0n) is 17.6. The molecule has 0 bridgehead atoms. The van der Waals surface area contributed by atoms with Crippen molar-refractivity contribution < 1.29 is 0 Å².